The third kappa shape index (κ3) is 9.23. The molecule has 0 aliphatic heterocycles. The second-order valence-electron chi connectivity index (χ2n) is 6.60. The summed E-state index contributed by atoms with van der Waals surface area (Å²) in [6, 6.07) is 18.6. The smallest absolute Gasteiger partial charge is 1.00 e. The summed E-state index contributed by atoms with van der Waals surface area (Å²) < 4.78 is 0. The fraction of sp³-hybridized carbons (Fsp3) is 0.273. The summed E-state index contributed by atoms with van der Waals surface area (Å²) in [4.78, 5) is 11.3. The molecule has 0 saturated carbocycles. The van der Waals surface area contributed by atoms with E-state index >= 15 is 0 Å². The molecule has 3 rings (SSSR count). The number of aryl methyl sites for hydroxylation is 2. The van der Waals surface area contributed by atoms with Crippen molar-refractivity contribution in [2.45, 2.75) is 26.9 Å². The molecule has 4 nitrogen and oxygen atoms in total. The summed E-state index contributed by atoms with van der Waals surface area (Å²) in [5, 5.41) is 3.56. The van der Waals surface area contributed by atoms with E-state index < -0.39 is 0 Å². The Morgan fingerprint density at radius 3 is 1.90 bits per heavy atom. The fourth-order valence-electron chi connectivity index (χ4n) is 3.02. The van der Waals surface area contributed by atoms with Crippen molar-refractivity contribution in [3.8, 4) is 0 Å². The van der Waals surface area contributed by atoms with Crippen LogP contribution in [0.3, 0.4) is 0 Å². The molecule has 0 spiro atoms. The largest absolute Gasteiger partial charge is 2.00 e. The minimum Gasteiger partial charge on any atom is -1.00 e. The Morgan fingerprint density at radius 2 is 1.41 bits per heavy atom. The predicted molar refractivity (Wildman–Crippen MR) is 107 cm³/mol. The molecule has 0 aliphatic rings. The monoisotopic (exact) mass is 518 g/mol. The molecule has 3 aromatic rings. The second kappa shape index (κ2) is 14.5. The zero-order chi connectivity index (χ0) is 18.2. The van der Waals surface area contributed by atoms with Crippen LogP contribution >= 0.6 is 0 Å². The molecule has 0 saturated heterocycles. The first kappa shape index (κ1) is 27.5. The molecule has 2 aromatic heterocycles. The van der Waals surface area contributed by atoms with Gasteiger partial charge in [0, 0.05) is 44.3 Å². The number of halogens is 2. The van der Waals surface area contributed by atoms with Gasteiger partial charge in [-0.25, -0.2) is 0 Å². The maximum Gasteiger partial charge on any atom is 2.00 e. The molecule has 1 aromatic carbocycles. The van der Waals surface area contributed by atoms with Gasteiger partial charge in [-0.15, -0.1) is 0 Å². The summed E-state index contributed by atoms with van der Waals surface area (Å²) in [7, 11) is 0. The van der Waals surface area contributed by atoms with E-state index in [1.165, 1.54) is 16.8 Å². The fourth-order valence-corrected chi connectivity index (χ4v) is 3.02. The zero-order valence-electron chi connectivity index (χ0n) is 16.6. The van der Waals surface area contributed by atoms with Gasteiger partial charge in [-0.05, 0) is 49.7 Å². The van der Waals surface area contributed by atoms with Gasteiger partial charge < -0.3 is 30.1 Å². The summed E-state index contributed by atoms with van der Waals surface area (Å²) >= 11 is 0. The van der Waals surface area contributed by atoms with Crippen molar-refractivity contribution in [1.29, 1.82) is 0 Å². The van der Waals surface area contributed by atoms with Gasteiger partial charge in [0.15, 0.2) is 0 Å². The van der Waals surface area contributed by atoms with Crippen molar-refractivity contribution in [1.82, 2.24) is 14.9 Å². The van der Waals surface area contributed by atoms with Crippen molar-refractivity contribution in [3.63, 3.8) is 0 Å². The van der Waals surface area contributed by atoms with E-state index in [1.54, 1.807) is 0 Å². The Bertz CT molecular complexity index is 778. The maximum atomic E-state index is 4.47. The third-order valence-corrected chi connectivity index (χ3v) is 4.35. The van der Waals surface area contributed by atoms with E-state index in [2.05, 4.69) is 64.4 Å². The first-order chi connectivity index (χ1) is 12.7. The summed E-state index contributed by atoms with van der Waals surface area (Å²) in [5.41, 5.74) is 5.93. The molecule has 2 heterocycles. The molecule has 1 N–H and O–H groups in total. The first-order valence-corrected chi connectivity index (χ1v) is 9.04. The van der Waals surface area contributed by atoms with Crippen LogP contribution in [0.2, 0.25) is 0 Å². The average molecular weight is 518 g/mol. The first-order valence-electron chi connectivity index (χ1n) is 9.04. The van der Waals surface area contributed by atoms with Crippen LogP contribution in [0, 0.1) is 13.8 Å². The van der Waals surface area contributed by atoms with Crippen LogP contribution in [-0.2, 0) is 32.6 Å². The van der Waals surface area contributed by atoms with Crippen molar-refractivity contribution in [2.75, 3.05) is 18.4 Å². The summed E-state index contributed by atoms with van der Waals surface area (Å²) in [5.74, 6) is 0. The van der Waals surface area contributed by atoms with E-state index in [1.807, 2.05) is 36.7 Å². The maximum absolute atomic E-state index is 4.47. The van der Waals surface area contributed by atoms with Crippen LogP contribution in [0.1, 0.15) is 22.5 Å². The molecule has 156 valence electrons. The number of nitrogens with one attached hydrogen (secondary N) is 1. The van der Waals surface area contributed by atoms with Crippen LogP contribution in [-0.4, -0.2) is 28.0 Å². The van der Waals surface area contributed by atoms with Crippen LogP contribution in [0.15, 0.2) is 67.0 Å². The van der Waals surface area contributed by atoms with E-state index in [0.717, 1.165) is 37.6 Å². The van der Waals surface area contributed by atoms with E-state index in [-0.39, 0.29) is 44.3 Å². The molecular weight excluding hydrogens is 492 g/mol. The van der Waals surface area contributed by atoms with Crippen LogP contribution in [0.5, 0.6) is 0 Å². The topological polar surface area (TPSA) is 41.0 Å². The number of aromatic nitrogens is 2. The van der Waals surface area contributed by atoms with E-state index in [0.29, 0.717) is 0 Å². The van der Waals surface area contributed by atoms with Gasteiger partial charge in [0.2, 0.25) is 0 Å². The van der Waals surface area contributed by atoms with Crippen molar-refractivity contribution >= 4 is 5.69 Å². The molecule has 29 heavy (non-hydrogen) atoms. The van der Waals surface area contributed by atoms with Crippen LogP contribution in [0.25, 0.3) is 0 Å². The van der Waals surface area contributed by atoms with Gasteiger partial charge in [0.25, 0.3) is 0 Å². The Balaban J connectivity index is 0.00000261. The number of pyridine rings is 2. The van der Waals surface area contributed by atoms with Gasteiger partial charge in [-0.3, -0.25) is 14.9 Å². The number of nitrogens with zero attached hydrogens (tertiary/aromatic N) is 3. The molecule has 0 radical (unpaired) electrons. The van der Waals surface area contributed by atoms with Gasteiger partial charge in [-0.2, -0.15) is 0 Å². The number of anilines is 1. The average Bonchev–Trinajstić information content (AvgIpc) is 2.65. The number of rotatable bonds is 8. The predicted octanol–water partition coefficient (Wildman–Crippen LogP) is -1.79. The number of hydrogen-bond donors (Lipinski definition) is 1. The SMILES string of the molecule is Cc1ccc(NCCN(Cc2ccccn2)Cc2ccccn2)c(C)c1.[Cl-].[Cl-].[Ru+2]. The molecular formula is C22H26Cl2N4Ru. The minimum atomic E-state index is 0. The van der Waals surface area contributed by atoms with E-state index in [4.69, 9.17) is 0 Å². The molecule has 0 bridgehead atoms. The van der Waals surface area contributed by atoms with Crippen molar-refractivity contribution in [3.05, 3.63) is 89.5 Å². The standard InChI is InChI=1S/C22H26N4.2ClH.Ru/c1-18-9-10-22(19(2)15-18)25-13-14-26(16-20-7-3-5-11-23-20)17-21-8-4-6-12-24-21;;;/h3-12,15,25H,13-14,16-17H2,1-2H3;2*1H;/q;;;+2/p-2. The molecule has 0 aliphatic carbocycles. The molecule has 0 atom stereocenters. The summed E-state index contributed by atoms with van der Waals surface area (Å²) in [6.07, 6.45) is 3.70. The summed E-state index contributed by atoms with van der Waals surface area (Å²) in [6.45, 7) is 7.69. The van der Waals surface area contributed by atoms with Gasteiger partial charge >= 0.3 is 19.5 Å². The molecule has 0 unspecified atom stereocenters. The van der Waals surface area contributed by atoms with Crippen LogP contribution < -0.4 is 30.1 Å². The van der Waals surface area contributed by atoms with Gasteiger partial charge in [0.1, 0.15) is 0 Å². The molecule has 0 amide bonds. The van der Waals surface area contributed by atoms with Crippen molar-refractivity contribution in [2.24, 2.45) is 0 Å². The zero-order valence-corrected chi connectivity index (χ0v) is 19.9. The third-order valence-electron chi connectivity index (χ3n) is 4.35. The van der Waals surface area contributed by atoms with E-state index in [9.17, 15) is 0 Å². The van der Waals surface area contributed by atoms with Crippen molar-refractivity contribution < 1.29 is 44.3 Å². The Hall–Kier alpha value is -1.52. The quantitative estimate of drug-likeness (QED) is 0.358. The number of hydrogen-bond acceptors (Lipinski definition) is 4. The molecule has 7 heteroatoms. The minimum absolute atomic E-state index is 0. The van der Waals surface area contributed by atoms with Crippen LogP contribution in [0.4, 0.5) is 5.69 Å². The van der Waals surface area contributed by atoms with Gasteiger partial charge in [0.05, 0.1) is 11.4 Å². The Labute approximate surface area is 199 Å². The Morgan fingerprint density at radius 1 is 0.828 bits per heavy atom. The number of benzene rings is 1. The Kier molecular flexibility index (Phi) is 13.7. The second-order valence-corrected chi connectivity index (χ2v) is 6.60. The normalized spacial score (nSPS) is 9.76. The molecule has 0 fully saturated rings. The van der Waals surface area contributed by atoms with Gasteiger partial charge in [-0.1, -0.05) is 29.8 Å².